The number of aliphatic carboxylic acids is 1. The molecule has 0 radical (unpaired) electrons. The zero-order chi connectivity index (χ0) is 17.2. The molecule has 1 N–H and O–H groups in total. The first kappa shape index (κ1) is 17.0. The maximum absolute atomic E-state index is 13.9. The van der Waals surface area contributed by atoms with Crippen molar-refractivity contribution in [3.05, 3.63) is 41.7 Å². The average molecular weight is 321 g/mol. The summed E-state index contributed by atoms with van der Waals surface area (Å²) in [6.07, 6.45) is 1.09. The number of ether oxygens (including phenoxy) is 1. The molecule has 2 rings (SSSR count). The highest BCUT2D eigenvalue weighted by molar-refractivity contribution is 5.86. The summed E-state index contributed by atoms with van der Waals surface area (Å²) < 4.78 is 19.1. The van der Waals surface area contributed by atoms with Crippen LogP contribution in [0, 0.1) is 5.82 Å². The van der Waals surface area contributed by atoms with Crippen LogP contribution >= 0.6 is 0 Å². The lowest BCUT2D eigenvalue weighted by Gasteiger charge is -2.33. The van der Waals surface area contributed by atoms with Gasteiger partial charge in [0.2, 0.25) is 0 Å². The van der Waals surface area contributed by atoms with Crippen LogP contribution in [0.3, 0.4) is 0 Å². The van der Waals surface area contributed by atoms with Gasteiger partial charge in [-0.15, -0.1) is 0 Å². The Morgan fingerprint density at radius 3 is 2.52 bits per heavy atom. The molecule has 6 heteroatoms. The van der Waals surface area contributed by atoms with Gasteiger partial charge in [-0.2, -0.15) is 0 Å². The summed E-state index contributed by atoms with van der Waals surface area (Å²) >= 11 is 0. The molecule has 0 bridgehead atoms. The summed E-state index contributed by atoms with van der Waals surface area (Å²) in [4.78, 5) is 24.8. The van der Waals surface area contributed by atoms with Crippen LogP contribution in [0.5, 0.6) is 0 Å². The van der Waals surface area contributed by atoms with Crippen molar-refractivity contribution in [1.82, 2.24) is 4.90 Å². The van der Waals surface area contributed by atoms with Crippen LogP contribution in [0.1, 0.15) is 32.8 Å². The van der Waals surface area contributed by atoms with E-state index in [0.717, 1.165) is 4.90 Å². The lowest BCUT2D eigenvalue weighted by molar-refractivity contribution is -0.141. The minimum Gasteiger partial charge on any atom is -0.479 e. The van der Waals surface area contributed by atoms with Gasteiger partial charge in [0.15, 0.2) is 6.04 Å². The number of hydrogen-bond acceptors (Lipinski definition) is 3. The Bertz CT molecular complexity index is 648. The average Bonchev–Trinajstić information content (AvgIpc) is 2.45. The van der Waals surface area contributed by atoms with E-state index < -0.39 is 29.5 Å². The molecule has 5 nitrogen and oxygen atoms in total. The van der Waals surface area contributed by atoms with Gasteiger partial charge >= 0.3 is 12.1 Å². The predicted octanol–water partition coefficient (Wildman–Crippen LogP) is 3.30. The molecule has 1 aromatic rings. The van der Waals surface area contributed by atoms with E-state index in [0.29, 0.717) is 17.6 Å². The number of carbonyl (C=O) groups is 2. The molecule has 0 aliphatic carbocycles. The topological polar surface area (TPSA) is 66.8 Å². The fourth-order valence-electron chi connectivity index (χ4n) is 2.42. The lowest BCUT2D eigenvalue weighted by atomic mass is 9.95. The van der Waals surface area contributed by atoms with Crippen LogP contribution in [-0.4, -0.2) is 40.3 Å². The summed E-state index contributed by atoms with van der Waals surface area (Å²) in [5.41, 5.74) is 0.230. The second-order valence-electron chi connectivity index (χ2n) is 6.38. The van der Waals surface area contributed by atoms with E-state index in [2.05, 4.69) is 0 Å². The van der Waals surface area contributed by atoms with E-state index in [1.165, 1.54) is 12.1 Å². The third-order valence-electron chi connectivity index (χ3n) is 3.42. The standard InChI is InChI=1S/C17H20FNO4/c1-17(2,3)23-16(22)19-9-8-11(10-14(19)15(20)21)12-6-4-5-7-13(12)18/h4-7,10,14H,8-9H2,1-3H3,(H,20,21)/t14-/m1/s1. The van der Waals surface area contributed by atoms with Gasteiger partial charge in [-0.1, -0.05) is 18.2 Å². The van der Waals surface area contributed by atoms with E-state index in [-0.39, 0.29) is 6.54 Å². The summed E-state index contributed by atoms with van der Waals surface area (Å²) in [6, 6.07) is 5.02. The van der Waals surface area contributed by atoms with Crippen molar-refractivity contribution in [3.63, 3.8) is 0 Å². The fraction of sp³-hybridized carbons (Fsp3) is 0.412. The van der Waals surface area contributed by atoms with Gasteiger partial charge in [-0.25, -0.2) is 14.0 Å². The van der Waals surface area contributed by atoms with Crippen LogP contribution in [0.15, 0.2) is 30.3 Å². The predicted molar refractivity (Wildman–Crippen MR) is 83.4 cm³/mol. The monoisotopic (exact) mass is 321 g/mol. The van der Waals surface area contributed by atoms with Crippen molar-refractivity contribution in [2.75, 3.05) is 6.54 Å². The van der Waals surface area contributed by atoms with Crippen molar-refractivity contribution < 1.29 is 23.8 Å². The summed E-state index contributed by atoms with van der Waals surface area (Å²) in [5.74, 6) is -1.59. The number of carboxylic acid groups (broad SMARTS) is 1. The van der Waals surface area contributed by atoms with Crippen LogP contribution in [0.25, 0.3) is 5.57 Å². The van der Waals surface area contributed by atoms with Crippen LogP contribution in [0.4, 0.5) is 9.18 Å². The highest BCUT2D eigenvalue weighted by Crippen LogP contribution is 2.28. The first-order chi connectivity index (χ1) is 10.7. The lowest BCUT2D eigenvalue weighted by Crippen LogP contribution is -2.48. The van der Waals surface area contributed by atoms with E-state index in [1.807, 2.05) is 0 Å². The third-order valence-corrected chi connectivity index (χ3v) is 3.42. The highest BCUT2D eigenvalue weighted by Gasteiger charge is 2.34. The molecule has 1 amide bonds. The number of halogens is 1. The van der Waals surface area contributed by atoms with Crippen LogP contribution in [0.2, 0.25) is 0 Å². The molecule has 0 fully saturated rings. The zero-order valence-corrected chi connectivity index (χ0v) is 13.4. The molecule has 124 valence electrons. The van der Waals surface area contributed by atoms with Gasteiger partial charge in [0.25, 0.3) is 0 Å². The molecule has 1 aliphatic rings. The number of nitrogens with zero attached hydrogens (tertiary/aromatic N) is 1. The van der Waals surface area contributed by atoms with E-state index in [1.54, 1.807) is 39.0 Å². The van der Waals surface area contributed by atoms with Crippen molar-refractivity contribution in [1.29, 1.82) is 0 Å². The minimum absolute atomic E-state index is 0.159. The Morgan fingerprint density at radius 2 is 1.96 bits per heavy atom. The molecule has 1 aromatic carbocycles. The number of benzene rings is 1. The largest absolute Gasteiger partial charge is 0.479 e. The quantitative estimate of drug-likeness (QED) is 0.907. The molecule has 1 aliphatic heterocycles. The van der Waals surface area contributed by atoms with Crippen LogP contribution < -0.4 is 0 Å². The van der Waals surface area contributed by atoms with Gasteiger partial charge in [0.1, 0.15) is 11.4 Å². The van der Waals surface area contributed by atoms with Crippen molar-refractivity contribution >= 4 is 17.6 Å². The summed E-state index contributed by atoms with van der Waals surface area (Å²) in [5, 5.41) is 9.40. The first-order valence-electron chi connectivity index (χ1n) is 7.37. The molecule has 0 saturated heterocycles. The number of carboxylic acids is 1. The first-order valence-corrected chi connectivity index (χ1v) is 7.37. The zero-order valence-electron chi connectivity index (χ0n) is 13.4. The van der Waals surface area contributed by atoms with E-state index in [9.17, 15) is 19.1 Å². The van der Waals surface area contributed by atoms with Gasteiger partial charge in [0, 0.05) is 12.1 Å². The summed E-state index contributed by atoms with van der Waals surface area (Å²) in [6.45, 7) is 5.30. The number of amides is 1. The maximum atomic E-state index is 13.9. The Hall–Kier alpha value is -2.37. The Morgan fingerprint density at radius 1 is 1.30 bits per heavy atom. The second kappa shape index (κ2) is 6.40. The molecular weight excluding hydrogens is 301 g/mol. The molecule has 23 heavy (non-hydrogen) atoms. The number of hydrogen-bond donors (Lipinski definition) is 1. The Balaban J connectivity index is 2.29. The normalized spacial score (nSPS) is 18.3. The van der Waals surface area contributed by atoms with E-state index in [4.69, 9.17) is 4.74 Å². The van der Waals surface area contributed by atoms with Crippen molar-refractivity contribution in [3.8, 4) is 0 Å². The number of carbonyl (C=O) groups excluding carboxylic acids is 1. The molecular formula is C17H20FNO4. The molecule has 0 aromatic heterocycles. The molecule has 0 saturated carbocycles. The van der Waals surface area contributed by atoms with Crippen LogP contribution in [-0.2, 0) is 9.53 Å². The van der Waals surface area contributed by atoms with Crippen molar-refractivity contribution in [2.24, 2.45) is 0 Å². The highest BCUT2D eigenvalue weighted by atomic mass is 19.1. The maximum Gasteiger partial charge on any atom is 0.411 e. The Labute approximate surface area is 134 Å². The van der Waals surface area contributed by atoms with Gasteiger partial charge in [-0.3, -0.25) is 4.90 Å². The second-order valence-corrected chi connectivity index (χ2v) is 6.38. The van der Waals surface area contributed by atoms with Gasteiger partial charge in [0.05, 0.1) is 0 Å². The minimum atomic E-state index is -1.18. The smallest absolute Gasteiger partial charge is 0.411 e. The SMILES string of the molecule is CC(C)(C)OC(=O)N1CCC(c2ccccc2F)=C[C@@H]1C(=O)O. The number of rotatable bonds is 2. The fourth-order valence-corrected chi connectivity index (χ4v) is 2.42. The molecule has 0 spiro atoms. The molecule has 1 atom stereocenters. The molecule has 0 unspecified atom stereocenters. The van der Waals surface area contributed by atoms with Gasteiger partial charge in [-0.05, 0) is 44.9 Å². The Kier molecular flexibility index (Phi) is 4.73. The van der Waals surface area contributed by atoms with Crippen molar-refractivity contribution in [2.45, 2.75) is 38.8 Å². The van der Waals surface area contributed by atoms with E-state index >= 15 is 0 Å². The summed E-state index contributed by atoms with van der Waals surface area (Å²) in [7, 11) is 0. The molecule has 1 heterocycles. The van der Waals surface area contributed by atoms with Gasteiger partial charge < -0.3 is 9.84 Å². The third kappa shape index (κ3) is 4.09.